The predicted molar refractivity (Wildman–Crippen MR) is 102 cm³/mol. The van der Waals surface area contributed by atoms with Gasteiger partial charge in [0.15, 0.2) is 11.7 Å². The van der Waals surface area contributed by atoms with Gasteiger partial charge in [-0.15, -0.1) is 11.3 Å². The largest absolute Gasteiger partial charge is 0.434 e. The van der Waals surface area contributed by atoms with E-state index >= 15 is 0 Å². The summed E-state index contributed by atoms with van der Waals surface area (Å²) in [5.41, 5.74) is 1.01. The Morgan fingerprint density at radius 1 is 1.21 bits per heavy atom. The van der Waals surface area contributed by atoms with Crippen LogP contribution in [0.25, 0.3) is 10.9 Å². The molecule has 3 N–H and O–H groups in total. The Morgan fingerprint density at radius 3 is 2.64 bits per heavy atom. The van der Waals surface area contributed by atoms with Gasteiger partial charge in [0.05, 0.1) is 5.01 Å². The fourth-order valence-electron chi connectivity index (χ4n) is 2.74. The Bertz CT molecular complexity index is 960. The molecule has 0 unspecified atom stereocenters. The number of aliphatic imine (C=N–C) groups is 1. The molecule has 2 heterocycles. The number of benzene rings is 1. The topological polar surface area (TPSA) is 65.1 Å². The smallest absolute Gasteiger partial charge is 0.361 e. The highest BCUT2D eigenvalue weighted by Gasteiger charge is 2.33. The van der Waals surface area contributed by atoms with E-state index in [0.717, 1.165) is 33.2 Å². The summed E-state index contributed by atoms with van der Waals surface area (Å²) in [5.74, 6) is 0.258. The summed E-state index contributed by atoms with van der Waals surface area (Å²) in [6.45, 7) is 0.974. The molecule has 0 aliphatic heterocycles. The van der Waals surface area contributed by atoms with Crippen molar-refractivity contribution in [2.45, 2.75) is 19.0 Å². The van der Waals surface area contributed by atoms with E-state index in [0.29, 0.717) is 36.9 Å². The third-order valence-corrected chi connectivity index (χ3v) is 5.02. The number of H-pyrrole nitrogens is 1. The molecule has 3 aromatic rings. The fourth-order valence-corrected chi connectivity index (χ4v) is 3.54. The van der Waals surface area contributed by atoms with Gasteiger partial charge >= 0.3 is 6.18 Å². The van der Waals surface area contributed by atoms with E-state index in [1.807, 2.05) is 6.20 Å². The molecule has 28 heavy (non-hydrogen) atoms. The van der Waals surface area contributed by atoms with Crippen molar-refractivity contribution in [2.75, 3.05) is 20.1 Å². The number of hydrogen-bond donors (Lipinski definition) is 3. The Hall–Kier alpha value is -2.62. The van der Waals surface area contributed by atoms with Crippen molar-refractivity contribution in [3.05, 3.63) is 51.9 Å². The lowest BCUT2D eigenvalue weighted by Crippen LogP contribution is -2.39. The average Bonchev–Trinajstić information content (AvgIpc) is 3.27. The van der Waals surface area contributed by atoms with Crippen molar-refractivity contribution < 1.29 is 17.6 Å². The van der Waals surface area contributed by atoms with Crippen LogP contribution in [0.1, 0.15) is 16.3 Å². The molecular weight excluding hydrogens is 394 g/mol. The molecule has 0 atom stereocenters. The van der Waals surface area contributed by atoms with Gasteiger partial charge in [0, 0.05) is 49.0 Å². The summed E-state index contributed by atoms with van der Waals surface area (Å²) in [4.78, 5) is 10.8. The highest BCUT2D eigenvalue weighted by molar-refractivity contribution is 7.09. The number of hydrogen-bond acceptors (Lipinski definition) is 3. The van der Waals surface area contributed by atoms with Crippen molar-refractivity contribution in [1.29, 1.82) is 0 Å². The number of halogens is 4. The fraction of sp³-hybridized carbons (Fsp3) is 0.333. The highest BCUT2D eigenvalue weighted by atomic mass is 32.1. The Morgan fingerprint density at radius 2 is 1.96 bits per heavy atom. The number of fused-ring (bicyclic) bond motifs is 1. The van der Waals surface area contributed by atoms with Crippen LogP contribution in [0.5, 0.6) is 0 Å². The van der Waals surface area contributed by atoms with Gasteiger partial charge < -0.3 is 15.6 Å². The van der Waals surface area contributed by atoms with Crippen LogP contribution in [0.3, 0.4) is 0 Å². The Kier molecular flexibility index (Phi) is 6.18. The van der Waals surface area contributed by atoms with E-state index in [-0.39, 0.29) is 5.82 Å². The van der Waals surface area contributed by atoms with Gasteiger partial charge in [0.25, 0.3) is 0 Å². The van der Waals surface area contributed by atoms with E-state index in [2.05, 4.69) is 25.6 Å². The molecule has 0 radical (unpaired) electrons. The lowest BCUT2D eigenvalue weighted by Gasteiger charge is -2.11. The number of alkyl halides is 3. The first kappa shape index (κ1) is 20.1. The zero-order chi connectivity index (χ0) is 20.1. The van der Waals surface area contributed by atoms with Crippen molar-refractivity contribution >= 4 is 28.2 Å². The standard InChI is InChI=1S/C18H19F4N5S/c1-23-17(25-7-5-16-27-15(10-28-16)18(20,21)22)24-6-4-11-9-26-14-3-2-12(19)8-13(11)14/h2-3,8-10,26H,4-7H2,1H3,(H2,23,24,25). The molecule has 0 saturated carbocycles. The minimum absolute atomic E-state index is 0.283. The van der Waals surface area contributed by atoms with Crippen LogP contribution in [0.2, 0.25) is 0 Å². The van der Waals surface area contributed by atoms with Gasteiger partial charge in [-0.2, -0.15) is 13.2 Å². The minimum Gasteiger partial charge on any atom is -0.361 e. The second-order valence-corrected chi connectivity index (χ2v) is 7.00. The minimum atomic E-state index is -4.41. The molecule has 5 nitrogen and oxygen atoms in total. The molecule has 1 aromatic carbocycles. The zero-order valence-corrected chi connectivity index (χ0v) is 15.8. The Labute approximate surface area is 162 Å². The molecular formula is C18H19F4N5S. The second-order valence-electron chi connectivity index (χ2n) is 6.05. The average molecular weight is 413 g/mol. The Balaban J connectivity index is 1.46. The quantitative estimate of drug-likeness (QED) is 0.328. The number of aromatic amines is 1. The lowest BCUT2D eigenvalue weighted by molar-refractivity contribution is -0.140. The summed E-state index contributed by atoms with van der Waals surface area (Å²) in [5, 5.41) is 8.46. The third-order valence-electron chi connectivity index (χ3n) is 4.11. The number of rotatable bonds is 6. The summed E-state index contributed by atoms with van der Waals surface area (Å²) < 4.78 is 51.1. The summed E-state index contributed by atoms with van der Waals surface area (Å²) in [6, 6.07) is 4.61. The van der Waals surface area contributed by atoms with Crippen molar-refractivity contribution in [3.8, 4) is 0 Å². The number of thiazole rings is 1. The van der Waals surface area contributed by atoms with Gasteiger partial charge in [0.2, 0.25) is 0 Å². The monoisotopic (exact) mass is 413 g/mol. The number of nitrogens with zero attached hydrogens (tertiary/aromatic N) is 2. The molecule has 10 heteroatoms. The lowest BCUT2D eigenvalue weighted by atomic mass is 10.1. The number of aromatic nitrogens is 2. The molecule has 2 aromatic heterocycles. The molecule has 0 amide bonds. The van der Waals surface area contributed by atoms with Gasteiger partial charge in [-0.1, -0.05) is 0 Å². The summed E-state index contributed by atoms with van der Waals surface area (Å²) >= 11 is 0.989. The van der Waals surface area contributed by atoms with Crippen molar-refractivity contribution in [3.63, 3.8) is 0 Å². The molecule has 0 spiro atoms. The highest BCUT2D eigenvalue weighted by Crippen LogP contribution is 2.30. The van der Waals surface area contributed by atoms with Crippen molar-refractivity contribution in [2.24, 2.45) is 4.99 Å². The van der Waals surface area contributed by atoms with E-state index < -0.39 is 11.9 Å². The maximum atomic E-state index is 13.4. The maximum Gasteiger partial charge on any atom is 0.434 e. The molecule has 0 aliphatic rings. The van der Waals surface area contributed by atoms with Gasteiger partial charge in [-0.25, -0.2) is 9.37 Å². The maximum absolute atomic E-state index is 13.4. The SMILES string of the molecule is CN=C(NCCc1nc(C(F)(F)F)cs1)NCCc1c[nH]c2ccc(F)cc12. The van der Waals surface area contributed by atoms with Crippen LogP contribution in [0, 0.1) is 5.82 Å². The normalized spacial score (nSPS) is 12.5. The number of guanidine groups is 1. The summed E-state index contributed by atoms with van der Waals surface area (Å²) in [6.07, 6.45) is -1.54. The number of nitrogens with one attached hydrogen (secondary N) is 3. The van der Waals surface area contributed by atoms with E-state index in [1.54, 1.807) is 13.1 Å². The molecule has 0 fully saturated rings. The van der Waals surface area contributed by atoms with Gasteiger partial charge in [-0.3, -0.25) is 4.99 Å². The van der Waals surface area contributed by atoms with Crippen LogP contribution >= 0.6 is 11.3 Å². The zero-order valence-electron chi connectivity index (χ0n) is 15.0. The molecule has 3 rings (SSSR count). The van der Waals surface area contributed by atoms with Crippen LogP contribution in [-0.2, 0) is 19.0 Å². The molecule has 0 saturated heterocycles. The molecule has 0 bridgehead atoms. The molecule has 150 valence electrons. The van der Waals surface area contributed by atoms with E-state index in [9.17, 15) is 17.6 Å². The van der Waals surface area contributed by atoms with E-state index in [4.69, 9.17) is 0 Å². The first-order valence-corrected chi connectivity index (χ1v) is 9.46. The molecule has 0 aliphatic carbocycles. The van der Waals surface area contributed by atoms with Crippen molar-refractivity contribution in [1.82, 2.24) is 20.6 Å². The van der Waals surface area contributed by atoms with Crippen LogP contribution in [0.4, 0.5) is 17.6 Å². The van der Waals surface area contributed by atoms with Crippen LogP contribution in [-0.4, -0.2) is 36.1 Å². The first-order chi connectivity index (χ1) is 13.4. The third kappa shape index (κ3) is 5.00. The second kappa shape index (κ2) is 8.59. The van der Waals surface area contributed by atoms with Gasteiger partial charge in [-0.05, 0) is 30.2 Å². The predicted octanol–water partition coefficient (Wildman–Crippen LogP) is 3.73. The first-order valence-electron chi connectivity index (χ1n) is 8.58. The van der Waals surface area contributed by atoms with E-state index in [1.165, 1.54) is 12.1 Å². The van der Waals surface area contributed by atoms with Gasteiger partial charge in [0.1, 0.15) is 5.82 Å². The summed E-state index contributed by atoms with van der Waals surface area (Å²) in [7, 11) is 1.61. The van der Waals surface area contributed by atoms with Crippen LogP contribution < -0.4 is 10.6 Å². The van der Waals surface area contributed by atoms with Crippen LogP contribution in [0.15, 0.2) is 34.8 Å².